The molecule has 0 aliphatic rings. The van der Waals surface area contributed by atoms with Gasteiger partial charge in [0.25, 0.3) is 0 Å². The molecular weight excluding hydrogens is 340 g/mol. The fourth-order valence-corrected chi connectivity index (χ4v) is 2.97. The smallest absolute Gasteiger partial charge is 0.221 e. The van der Waals surface area contributed by atoms with E-state index in [0.29, 0.717) is 11.7 Å². The van der Waals surface area contributed by atoms with Gasteiger partial charge in [-0.05, 0) is 26.0 Å². The summed E-state index contributed by atoms with van der Waals surface area (Å²) in [5, 5.41) is 4.52. The van der Waals surface area contributed by atoms with Crippen molar-refractivity contribution in [2.75, 3.05) is 7.11 Å². The van der Waals surface area contributed by atoms with Gasteiger partial charge in [0.2, 0.25) is 5.88 Å². The molecule has 0 N–H and O–H groups in total. The Morgan fingerprint density at radius 2 is 1.78 bits per heavy atom. The normalized spacial score (nSPS) is 11.6. The first-order chi connectivity index (χ1) is 13.1. The zero-order valence-corrected chi connectivity index (χ0v) is 15.7. The molecule has 0 aliphatic heterocycles. The maximum atomic E-state index is 5.31. The zero-order chi connectivity index (χ0) is 19.0. The fourth-order valence-electron chi connectivity index (χ4n) is 2.97. The van der Waals surface area contributed by atoms with E-state index in [-0.39, 0.29) is 0 Å². The van der Waals surface area contributed by atoms with Crippen molar-refractivity contribution in [1.29, 1.82) is 0 Å². The molecule has 7 heteroatoms. The molecule has 27 heavy (non-hydrogen) atoms. The first-order valence-electron chi connectivity index (χ1n) is 8.61. The Morgan fingerprint density at radius 1 is 1.00 bits per heavy atom. The van der Waals surface area contributed by atoms with Crippen molar-refractivity contribution in [1.82, 2.24) is 29.1 Å². The molecular formula is C20H20N6O. The quantitative estimate of drug-likeness (QED) is 0.558. The predicted octanol–water partition coefficient (Wildman–Crippen LogP) is 3.32. The van der Waals surface area contributed by atoms with Crippen LogP contribution in [-0.4, -0.2) is 36.2 Å². The maximum Gasteiger partial charge on any atom is 0.221 e. The number of aromatic nitrogens is 6. The third-order valence-electron chi connectivity index (χ3n) is 4.41. The molecule has 0 spiro atoms. The van der Waals surface area contributed by atoms with Gasteiger partial charge in [0, 0.05) is 18.8 Å². The first-order valence-corrected chi connectivity index (χ1v) is 8.61. The summed E-state index contributed by atoms with van der Waals surface area (Å²) in [6.07, 6.45) is 5.78. The van der Waals surface area contributed by atoms with Crippen molar-refractivity contribution < 1.29 is 4.74 Å². The van der Waals surface area contributed by atoms with Crippen LogP contribution in [0.3, 0.4) is 0 Å². The Bertz CT molecular complexity index is 1140. The van der Waals surface area contributed by atoms with Gasteiger partial charge in [-0.3, -0.25) is 0 Å². The van der Waals surface area contributed by atoms with Gasteiger partial charge in [0.15, 0.2) is 11.5 Å². The number of methoxy groups -OCH3 is 1. The lowest BCUT2D eigenvalue weighted by atomic mass is 10.2. The van der Waals surface area contributed by atoms with E-state index >= 15 is 0 Å². The molecule has 3 aromatic heterocycles. The summed E-state index contributed by atoms with van der Waals surface area (Å²) in [6, 6.07) is 10.1. The van der Waals surface area contributed by atoms with Gasteiger partial charge in [-0.25, -0.2) is 9.97 Å². The lowest BCUT2D eigenvalue weighted by Crippen LogP contribution is -2.02. The summed E-state index contributed by atoms with van der Waals surface area (Å²) in [5.74, 6) is 2.72. The molecule has 0 saturated carbocycles. The second kappa shape index (κ2) is 6.68. The fraction of sp³-hybridized carbons (Fsp3) is 0.200. The van der Waals surface area contributed by atoms with Crippen LogP contribution in [0.15, 0.2) is 36.5 Å². The molecule has 0 amide bonds. The topological polar surface area (TPSA) is 70.1 Å². The van der Waals surface area contributed by atoms with Crippen molar-refractivity contribution >= 4 is 17.8 Å². The molecule has 4 aromatic rings. The van der Waals surface area contributed by atoms with E-state index in [0.717, 1.165) is 34.1 Å². The standard InChI is InChI=1S/C20H20N6O/c1-13-19-23-17(24-26(19)14(2)21-20(13)27-4)10-11-18-22-16(12-25(18)3)15-8-6-5-7-9-15/h5-12H,1-4H3/b11-10+. The summed E-state index contributed by atoms with van der Waals surface area (Å²) in [6.45, 7) is 3.80. The lowest BCUT2D eigenvalue weighted by molar-refractivity contribution is 0.392. The highest BCUT2D eigenvalue weighted by Gasteiger charge is 2.13. The minimum absolute atomic E-state index is 0.569. The molecule has 0 bridgehead atoms. The average Bonchev–Trinajstić information content (AvgIpc) is 3.28. The van der Waals surface area contributed by atoms with Gasteiger partial charge in [0.05, 0.1) is 18.4 Å². The highest BCUT2D eigenvalue weighted by Crippen LogP contribution is 2.21. The largest absolute Gasteiger partial charge is 0.481 e. The van der Waals surface area contributed by atoms with Gasteiger partial charge in [-0.15, -0.1) is 5.10 Å². The number of nitrogens with zero attached hydrogens (tertiary/aromatic N) is 6. The number of ether oxygens (including phenoxy) is 1. The Balaban J connectivity index is 1.68. The minimum atomic E-state index is 0.569. The summed E-state index contributed by atoms with van der Waals surface area (Å²) < 4.78 is 9.02. The van der Waals surface area contributed by atoms with Crippen LogP contribution >= 0.6 is 0 Å². The van der Waals surface area contributed by atoms with Crippen molar-refractivity contribution in [3.05, 3.63) is 59.6 Å². The van der Waals surface area contributed by atoms with Crippen LogP contribution in [-0.2, 0) is 7.05 Å². The van der Waals surface area contributed by atoms with E-state index in [1.54, 1.807) is 11.6 Å². The molecule has 136 valence electrons. The molecule has 7 nitrogen and oxygen atoms in total. The molecule has 1 aromatic carbocycles. The monoisotopic (exact) mass is 360 g/mol. The molecule has 0 unspecified atom stereocenters. The summed E-state index contributed by atoms with van der Waals surface area (Å²) >= 11 is 0. The number of fused-ring (bicyclic) bond motifs is 1. The van der Waals surface area contributed by atoms with Crippen molar-refractivity contribution in [2.45, 2.75) is 13.8 Å². The van der Waals surface area contributed by atoms with Gasteiger partial charge in [0.1, 0.15) is 11.6 Å². The van der Waals surface area contributed by atoms with E-state index in [1.165, 1.54) is 0 Å². The van der Waals surface area contributed by atoms with Gasteiger partial charge in [-0.1, -0.05) is 30.3 Å². The van der Waals surface area contributed by atoms with E-state index in [2.05, 4.69) is 15.1 Å². The molecule has 4 rings (SSSR count). The van der Waals surface area contributed by atoms with E-state index < -0.39 is 0 Å². The SMILES string of the molecule is COc1nc(C)n2nc(/C=C/c3nc(-c4ccccc4)cn3C)nc2c1C. The van der Waals surface area contributed by atoms with Crippen LogP contribution in [0, 0.1) is 13.8 Å². The predicted molar refractivity (Wildman–Crippen MR) is 104 cm³/mol. The van der Waals surface area contributed by atoms with Crippen LogP contribution < -0.4 is 4.74 Å². The number of hydrogen-bond donors (Lipinski definition) is 0. The van der Waals surface area contributed by atoms with Crippen LogP contribution in [0.2, 0.25) is 0 Å². The number of imidazole rings is 1. The van der Waals surface area contributed by atoms with Crippen molar-refractivity contribution in [3.8, 4) is 17.1 Å². The van der Waals surface area contributed by atoms with Crippen LogP contribution in [0.5, 0.6) is 5.88 Å². The Kier molecular flexibility index (Phi) is 4.19. The van der Waals surface area contributed by atoms with Gasteiger partial charge in [-0.2, -0.15) is 9.50 Å². The third kappa shape index (κ3) is 3.08. The summed E-state index contributed by atoms with van der Waals surface area (Å²) in [4.78, 5) is 13.7. The van der Waals surface area contributed by atoms with Crippen LogP contribution in [0.1, 0.15) is 23.0 Å². The molecule has 0 atom stereocenters. The lowest BCUT2D eigenvalue weighted by Gasteiger charge is -2.05. The third-order valence-corrected chi connectivity index (χ3v) is 4.41. The second-order valence-corrected chi connectivity index (χ2v) is 6.29. The van der Waals surface area contributed by atoms with Gasteiger partial charge < -0.3 is 9.30 Å². The van der Waals surface area contributed by atoms with E-state index in [4.69, 9.17) is 9.72 Å². The minimum Gasteiger partial charge on any atom is -0.481 e. The Morgan fingerprint density at radius 3 is 2.52 bits per heavy atom. The van der Waals surface area contributed by atoms with E-state index in [1.807, 2.05) is 74.1 Å². The number of hydrogen-bond acceptors (Lipinski definition) is 5. The van der Waals surface area contributed by atoms with Gasteiger partial charge >= 0.3 is 0 Å². The van der Waals surface area contributed by atoms with E-state index in [9.17, 15) is 0 Å². The highest BCUT2D eigenvalue weighted by atomic mass is 16.5. The first kappa shape index (κ1) is 17.0. The molecule has 0 fully saturated rings. The highest BCUT2D eigenvalue weighted by molar-refractivity contribution is 5.67. The number of rotatable bonds is 4. The average molecular weight is 360 g/mol. The molecule has 0 aliphatic carbocycles. The van der Waals surface area contributed by atoms with Crippen molar-refractivity contribution in [2.24, 2.45) is 7.05 Å². The molecule has 0 radical (unpaired) electrons. The Labute approximate surface area is 157 Å². The zero-order valence-electron chi connectivity index (χ0n) is 15.7. The van der Waals surface area contributed by atoms with Crippen molar-refractivity contribution in [3.63, 3.8) is 0 Å². The molecule has 0 saturated heterocycles. The van der Waals surface area contributed by atoms with Crippen LogP contribution in [0.25, 0.3) is 29.1 Å². The number of benzene rings is 1. The molecule has 3 heterocycles. The number of aryl methyl sites for hydroxylation is 3. The van der Waals surface area contributed by atoms with Crippen LogP contribution in [0.4, 0.5) is 0 Å². The Hall–Kier alpha value is -3.48. The summed E-state index contributed by atoms with van der Waals surface area (Å²) in [5.41, 5.74) is 3.62. The maximum absolute atomic E-state index is 5.31. The summed E-state index contributed by atoms with van der Waals surface area (Å²) in [7, 11) is 3.58. The second-order valence-electron chi connectivity index (χ2n) is 6.29.